The summed E-state index contributed by atoms with van der Waals surface area (Å²) in [5.41, 5.74) is 2.00. The van der Waals surface area contributed by atoms with Crippen LogP contribution >= 0.6 is 0 Å². The number of aryl methyl sites for hydroxylation is 1. The average molecular weight is 287 g/mol. The van der Waals surface area contributed by atoms with E-state index < -0.39 is 0 Å². The number of hydrogen-bond acceptors (Lipinski definition) is 4. The smallest absolute Gasteiger partial charge is 0.163 e. The fraction of sp³-hybridized carbons (Fsp3) is 0.562. The molecule has 2 N–H and O–H groups in total. The van der Waals surface area contributed by atoms with E-state index in [9.17, 15) is 0 Å². The van der Waals surface area contributed by atoms with Gasteiger partial charge in [0.2, 0.25) is 0 Å². The topological polar surface area (TPSA) is 59.2 Å². The quantitative estimate of drug-likeness (QED) is 0.910. The molecule has 0 bridgehead atoms. The fourth-order valence-corrected chi connectivity index (χ4v) is 3.20. The lowest BCUT2D eigenvalue weighted by Gasteiger charge is -2.22. The van der Waals surface area contributed by atoms with Gasteiger partial charge >= 0.3 is 0 Å². The highest BCUT2D eigenvalue weighted by Crippen LogP contribution is 2.33. The van der Waals surface area contributed by atoms with Crippen LogP contribution in [0.15, 0.2) is 12.1 Å². The van der Waals surface area contributed by atoms with Gasteiger partial charge in [-0.15, -0.1) is 0 Å². The molecule has 0 radical (unpaired) electrons. The molecule has 4 rings (SSSR count). The Balaban J connectivity index is 1.50. The van der Waals surface area contributed by atoms with E-state index in [4.69, 9.17) is 9.47 Å². The largest absolute Gasteiger partial charge is 0.486 e. The Morgan fingerprint density at radius 2 is 2.00 bits per heavy atom. The van der Waals surface area contributed by atoms with E-state index in [0.29, 0.717) is 19.3 Å². The molecule has 3 heterocycles. The van der Waals surface area contributed by atoms with Gasteiger partial charge in [-0.3, -0.25) is 0 Å². The third-order valence-corrected chi connectivity index (χ3v) is 4.34. The molecule has 1 atom stereocenters. The first-order valence-electron chi connectivity index (χ1n) is 7.90. The normalized spacial score (nSPS) is 21.6. The van der Waals surface area contributed by atoms with Crippen LogP contribution in [0.5, 0.6) is 11.5 Å². The van der Waals surface area contributed by atoms with E-state index in [1.54, 1.807) is 0 Å². The molecule has 1 saturated heterocycles. The van der Waals surface area contributed by atoms with Crippen LogP contribution < -0.4 is 14.8 Å². The second-order valence-electron chi connectivity index (χ2n) is 5.88. The molecule has 2 aromatic rings. The molecular weight excluding hydrogens is 266 g/mol. The summed E-state index contributed by atoms with van der Waals surface area (Å²) in [5.74, 6) is 2.68. The van der Waals surface area contributed by atoms with Crippen molar-refractivity contribution in [2.45, 2.75) is 38.1 Å². The van der Waals surface area contributed by atoms with E-state index in [2.05, 4.69) is 15.3 Å². The molecule has 1 fully saturated rings. The molecule has 112 valence electrons. The number of hydrogen-bond donors (Lipinski definition) is 2. The number of ether oxygens (including phenoxy) is 2. The SMILES string of the molecule is c1c2c(cc3[nH]c(CCC4CCCCN4)nc13)OCCO2. The Hall–Kier alpha value is -1.75. The summed E-state index contributed by atoms with van der Waals surface area (Å²) in [6.45, 7) is 2.39. The van der Waals surface area contributed by atoms with Gasteiger partial charge in [0.05, 0.1) is 11.0 Å². The van der Waals surface area contributed by atoms with Crippen molar-refractivity contribution in [3.05, 3.63) is 18.0 Å². The van der Waals surface area contributed by atoms with Crippen molar-refractivity contribution in [1.82, 2.24) is 15.3 Å². The number of aromatic nitrogens is 2. The maximum Gasteiger partial charge on any atom is 0.163 e. The molecule has 0 aliphatic carbocycles. The minimum atomic E-state index is 0.614. The summed E-state index contributed by atoms with van der Waals surface area (Å²) in [5, 5.41) is 3.59. The minimum absolute atomic E-state index is 0.614. The lowest BCUT2D eigenvalue weighted by Crippen LogP contribution is -2.34. The first-order chi connectivity index (χ1) is 10.4. The molecule has 1 unspecified atom stereocenters. The van der Waals surface area contributed by atoms with Crippen LogP contribution in [-0.2, 0) is 6.42 Å². The molecule has 2 aliphatic rings. The van der Waals surface area contributed by atoms with Crippen LogP contribution in [0.25, 0.3) is 11.0 Å². The van der Waals surface area contributed by atoms with Crippen molar-refractivity contribution in [3.8, 4) is 11.5 Å². The summed E-state index contributed by atoms with van der Waals surface area (Å²) in [7, 11) is 0. The summed E-state index contributed by atoms with van der Waals surface area (Å²) >= 11 is 0. The van der Waals surface area contributed by atoms with Crippen molar-refractivity contribution in [1.29, 1.82) is 0 Å². The molecule has 0 spiro atoms. The number of imidazole rings is 1. The Labute approximate surface area is 124 Å². The third kappa shape index (κ3) is 2.70. The minimum Gasteiger partial charge on any atom is -0.486 e. The second kappa shape index (κ2) is 5.56. The van der Waals surface area contributed by atoms with Gasteiger partial charge in [0.25, 0.3) is 0 Å². The highest BCUT2D eigenvalue weighted by atomic mass is 16.6. The van der Waals surface area contributed by atoms with E-state index in [0.717, 1.165) is 47.7 Å². The molecule has 21 heavy (non-hydrogen) atoms. The molecule has 0 amide bonds. The Morgan fingerprint density at radius 1 is 1.14 bits per heavy atom. The number of piperidine rings is 1. The summed E-state index contributed by atoms with van der Waals surface area (Å²) in [4.78, 5) is 8.10. The van der Waals surface area contributed by atoms with Crippen LogP contribution in [0.3, 0.4) is 0 Å². The predicted octanol–water partition coefficient (Wildman–Crippen LogP) is 2.41. The highest BCUT2D eigenvalue weighted by molar-refractivity contribution is 5.79. The lowest BCUT2D eigenvalue weighted by molar-refractivity contribution is 0.172. The maximum absolute atomic E-state index is 5.61. The Bertz CT molecular complexity index is 589. The number of nitrogens with zero attached hydrogens (tertiary/aromatic N) is 1. The van der Waals surface area contributed by atoms with Gasteiger partial charge in [0.1, 0.15) is 19.0 Å². The molecule has 0 saturated carbocycles. The first-order valence-corrected chi connectivity index (χ1v) is 7.90. The zero-order valence-corrected chi connectivity index (χ0v) is 12.2. The monoisotopic (exact) mass is 287 g/mol. The summed E-state index contributed by atoms with van der Waals surface area (Å²) in [6.07, 6.45) is 6.08. The molecule has 5 nitrogen and oxygen atoms in total. The molecule has 2 aliphatic heterocycles. The van der Waals surface area contributed by atoms with Crippen LogP contribution in [0.2, 0.25) is 0 Å². The van der Waals surface area contributed by atoms with Gasteiger partial charge in [-0.05, 0) is 25.8 Å². The van der Waals surface area contributed by atoms with E-state index in [1.807, 2.05) is 12.1 Å². The summed E-state index contributed by atoms with van der Waals surface area (Å²) < 4.78 is 11.2. The van der Waals surface area contributed by atoms with Gasteiger partial charge in [-0.2, -0.15) is 0 Å². The van der Waals surface area contributed by atoms with Crippen molar-refractivity contribution in [2.75, 3.05) is 19.8 Å². The number of rotatable bonds is 3. The van der Waals surface area contributed by atoms with E-state index >= 15 is 0 Å². The zero-order valence-electron chi connectivity index (χ0n) is 12.2. The third-order valence-electron chi connectivity index (χ3n) is 4.34. The van der Waals surface area contributed by atoms with E-state index in [-0.39, 0.29) is 0 Å². The van der Waals surface area contributed by atoms with Crippen molar-refractivity contribution in [3.63, 3.8) is 0 Å². The van der Waals surface area contributed by atoms with Crippen molar-refractivity contribution in [2.24, 2.45) is 0 Å². The number of H-pyrrole nitrogens is 1. The second-order valence-corrected chi connectivity index (χ2v) is 5.88. The van der Waals surface area contributed by atoms with Crippen LogP contribution in [0.1, 0.15) is 31.5 Å². The first kappa shape index (κ1) is 13.0. The predicted molar refractivity (Wildman–Crippen MR) is 81.0 cm³/mol. The van der Waals surface area contributed by atoms with Crippen LogP contribution in [0.4, 0.5) is 0 Å². The Morgan fingerprint density at radius 3 is 2.81 bits per heavy atom. The molecule has 1 aromatic heterocycles. The van der Waals surface area contributed by atoms with Crippen LogP contribution in [-0.4, -0.2) is 35.8 Å². The lowest BCUT2D eigenvalue weighted by atomic mass is 10.0. The van der Waals surface area contributed by atoms with Gasteiger partial charge in [-0.25, -0.2) is 4.98 Å². The summed E-state index contributed by atoms with van der Waals surface area (Å²) in [6, 6.07) is 4.62. The average Bonchev–Trinajstić information content (AvgIpc) is 2.93. The van der Waals surface area contributed by atoms with Crippen molar-refractivity contribution >= 4 is 11.0 Å². The van der Waals surface area contributed by atoms with Gasteiger partial charge in [0, 0.05) is 24.6 Å². The van der Waals surface area contributed by atoms with Gasteiger partial charge in [0.15, 0.2) is 11.5 Å². The fourth-order valence-electron chi connectivity index (χ4n) is 3.20. The Kier molecular flexibility index (Phi) is 3.43. The van der Waals surface area contributed by atoms with Crippen LogP contribution in [0, 0.1) is 0 Å². The molecule has 5 heteroatoms. The van der Waals surface area contributed by atoms with Gasteiger partial charge < -0.3 is 19.8 Å². The molecular formula is C16H21N3O2. The number of benzene rings is 1. The van der Waals surface area contributed by atoms with Gasteiger partial charge in [-0.1, -0.05) is 6.42 Å². The maximum atomic E-state index is 5.61. The van der Waals surface area contributed by atoms with Crippen molar-refractivity contribution < 1.29 is 9.47 Å². The van der Waals surface area contributed by atoms with E-state index in [1.165, 1.54) is 19.3 Å². The number of aromatic amines is 1. The highest BCUT2D eigenvalue weighted by Gasteiger charge is 2.16. The number of fused-ring (bicyclic) bond motifs is 2. The zero-order chi connectivity index (χ0) is 14.1. The molecule has 1 aromatic carbocycles. The standard InChI is InChI=1S/C16H21N3O2/c1-2-6-17-11(3-1)4-5-16-18-12-9-14-15(10-13(12)19-16)21-8-7-20-14/h9-11,17H,1-8H2,(H,18,19). The number of nitrogens with one attached hydrogen (secondary N) is 2.